The molecule has 1 aliphatic rings. The lowest BCUT2D eigenvalue weighted by atomic mass is 10.2. The van der Waals surface area contributed by atoms with Crippen LogP contribution in [-0.4, -0.2) is 30.1 Å². The van der Waals surface area contributed by atoms with E-state index in [9.17, 15) is 9.18 Å². The maximum Gasteiger partial charge on any atom is 0.254 e. The normalized spacial score (nSPS) is 13.3. The number of aryl methyl sites for hydroxylation is 1. The molecule has 0 fully saturated rings. The van der Waals surface area contributed by atoms with Crippen LogP contribution in [0.25, 0.3) is 0 Å². The number of nitrogens with zero attached hydrogens (tertiary/aromatic N) is 5. The van der Waals surface area contributed by atoms with Gasteiger partial charge in [0, 0.05) is 30.6 Å². The van der Waals surface area contributed by atoms with Gasteiger partial charge in [-0.2, -0.15) is 5.10 Å². The molecule has 0 unspecified atom stereocenters. The van der Waals surface area contributed by atoms with Crippen molar-refractivity contribution >= 4 is 5.91 Å². The van der Waals surface area contributed by atoms with Gasteiger partial charge >= 0.3 is 0 Å². The number of fused-ring (bicyclic) bond motifs is 1. The highest BCUT2D eigenvalue weighted by Gasteiger charge is 2.30. The van der Waals surface area contributed by atoms with Crippen LogP contribution in [0.3, 0.4) is 0 Å². The van der Waals surface area contributed by atoms with Gasteiger partial charge in [0.1, 0.15) is 5.82 Å². The zero-order valence-electron chi connectivity index (χ0n) is 13.2. The van der Waals surface area contributed by atoms with Gasteiger partial charge in [-0.25, -0.2) is 9.37 Å². The Bertz CT molecular complexity index is 883. The van der Waals surface area contributed by atoms with Gasteiger partial charge < -0.3 is 9.47 Å². The van der Waals surface area contributed by atoms with E-state index in [1.54, 1.807) is 17.4 Å². The van der Waals surface area contributed by atoms with Gasteiger partial charge in [0.15, 0.2) is 0 Å². The SMILES string of the molecule is Cn1nc(Cn2ccnc2)c2c1CN(C(=O)c1ccc(F)cc1)C2. The number of amides is 1. The van der Waals surface area contributed by atoms with Crippen molar-refractivity contribution in [2.24, 2.45) is 7.05 Å². The first kappa shape index (κ1) is 14.6. The van der Waals surface area contributed by atoms with E-state index >= 15 is 0 Å². The fourth-order valence-electron chi connectivity index (χ4n) is 3.07. The molecule has 1 aromatic carbocycles. The van der Waals surface area contributed by atoms with Crippen molar-refractivity contribution in [3.8, 4) is 0 Å². The lowest BCUT2D eigenvalue weighted by Crippen LogP contribution is -2.26. The summed E-state index contributed by atoms with van der Waals surface area (Å²) in [5.74, 6) is -0.442. The summed E-state index contributed by atoms with van der Waals surface area (Å²) in [5.41, 5.74) is 3.57. The Balaban J connectivity index is 1.57. The van der Waals surface area contributed by atoms with Crippen molar-refractivity contribution in [3.63, 3.8) is 0 Å². The van der Waals surface area contributed by atoms with Crippen LogP contribution in [-0.2, 0) is 26.7 Å². The van der Waals surface area contributed by atoms with E-state index < -0.39 is 0 Å². The predicted octanol–water partition coefficient (Wildman–Crippen LogP) is 1.96. The van der Waals surface area contributed by atoms with Gasteiger partial charge in [-0.05, 0) is 24.3 Å². The Morgan fingerprint density at radius 3 is 2.75 bits per heavy atom. The third-order valence-electron chi connectivity index (χ3n) is 4.32. The molecule has 1 aliphatic heterocycles. The second kappa shape index (κ2) is 5.59. The van der Waals surface area contributed by atoms with Crippen LogP contribution in [0.5, 0.6) is 0 Å². The quantitative estimate of drug-likeness (QED) is 0.740. The van der Waals surface area contributed by atoms with Crippen molar-refractivity contribution in [2.45, 2.75) is 19.6 Å². The number of rotatable bonds is 3. The van der Waals surface area contributed by atoms with Crippen LogP contribution in [0.15, 0.2) is 43.0 Å². The Labute approximate surface area is 138 Å². The molecule has 0 aliphatic carbocycles. The Morgan fingerprint density at radius 2 is 2.04 bits per heavy atom. The molecule has 0 radical (unpaired) electrons. The highest BCUT2D eigenvalue weighted by molar-refractivity contribution is 5.94. The van der Waals surface area contributed by atoms with E-state index in [2.05, 4.69) is 10.1 Å². The topological polar surface area (TPSA) is 56.0 Å². The molecule has 0 atom stereocenters. The number of hydrogen-bond donors (Lipinski definition) is 0. The van der Waals surface area contributed by atoms with Crippen LogP contribution in [0.1, 0.15) is 27.3 Å². The third kappa shape index (κ3) is 2.47. The summed E-state index contributed by atoms with van der Waals surface area (Å²) in [4.78, 5) is 18.4. The van der Waals surface area contributed by atoms with Crippen molar-refractivity contribution in [1.82, 2.24) is 24.2 Å². The standard InChI is InChI=1S/C17H16FN5O/c1-21-16-10-23(17(24)12-2-4-13(18)5-3-12)8-14(16)15(20-21)9-22-7-6-19-11-22/h2-7,11H,8-10H2,1H3. The molecule has 1 amide bonds. The molecule has 6 nitrogen and oxygen atoms in total. The van der Waals surface area contributed by atoms with E-state index in [4.69, 9.17) is 0 Å². The first-order valence-corrected chi connectivity index (χ1v) is 7.66. The Hall–Kier alpha value is -2.96. The molecule has 3 heterocycles. The van der Waals surface area contributed by atoms with E-state index in [0.29, 0.717) is 25.2 Å². The lowest BCUT2D eigenvalue weighted by molar-refractivity contribution is 0.0748. The van der Waals surface area contributed by atoms with Crippen LogP contribution in [0.2, 0.25) is 0 Å². The van der Waals surface area contributed by atoms with Gasteiger partial charge in [-0.15, -0.1) is 0 Å². The largest absolute Gasteiger partial charge is 0.331 e. The monoisotopic (exact) mass is 325 g/mol. The molecule has 0 saturated carbocycles. The van der Waals surface area contributed by atoms with Gasteiger partial charge in [-0.1, -0.05) is 0 Å². The summed E-state index contributed by atoms with van der Waals surface area (Å²) in [6, 6.07) is 5.65. The number of carbonyl (C=O) groups is 1. The zero-order valence-corrected chi connectivity index (χ0v) is 13.2. The van der Waals surface area contributed by atoms with Gasteiger partial charge in [0.2, 0.25) is 0 Å². The molecular weight excluding hydrogens is 309 g/mol. The number of benzene rings is 1. The molecule has 24 heavy (non-hydrogen) atoms. The number of halogens is 1. The van der Waals surface area contributed by atoms with Crippen LogP contribution in [0, 0.1) is 5.82 Å². The molecular formula is C17H16FN5O. The smallest absolute Gasteiger partial charge is 0.254 e. The minimum absolute atomic E-state index is 0.0974. The molecule has 4 rings (SSSR count). The van der Waals surface area contributed by atoms with Gasteiger partial charge in [0.25, 0.3) is 5.91 Å². The maximum absolute atomic E-state index is 13.0. The zero-order chi connectivity index (χ0) is 16.7. The minimum atomic E-state index is -0.344. The Kier molecular flexibility index (Phi) is 3.41. The summed E-state index contributed by atoms with van der Waals surface area (Å²) < 4.78 is 16.8. The number of imidazole rings is 1. The summed E-state index contributed by atoms with van der Waals surface area (Å²) in [5, 5.41) is 4.57. The molecule has 122 valence electrons. The molecule has 0 spiro atoms. The summed E-state index contributed by atoms with van der Waals surface area (Å²) >= 11 is 0. The first-order chi connectivity index (χ1) is 11.6. The van der Waals surface area contributed by atoms with Crippen molar-refractivity contribution in [1.29, 1.82) is 0 Å². The third-order valence-corrected chi connectivity index (χ3v) is 4.32. The Morgan fingerprint density at radius 1 is 1.25 bits per heavy atom. The van der Waals surface area contributed by atoms with E-state index in [1.165, 1.54) is 24.3 Å². The second-order valence-corrected chi connectivity index (χ2v) is 5.90. The van der Waals surface area contributed by atoms with Crippen molar-refractivity contribution in [3.05, 3.63) is 71.3 Å². The van der Waals surface area contributed by atoms with E-state index in [0.717, 1.165) is 17.0 Å². The number of carbonyl (C=O) groups excluding carboxylic acids is 1. The van der Waals surface area contributed by atoms with Gasteiger partial charge in [-0.3, -0.25) is 9.48 Å². The summed E-state index contributed by atoms with van der Waals surface area (Å²) in [6.45, 7) is 1.66. The number of hydrogen-bond acceptors (Lipinski definition) is 3. The minimum Gasteiger partial charge on any atom is -0.331 e. The van der Waals surface area contributed by atoms with Crippen LogP contribution in [0.4, 0.5) is 4.39 Å². The second-order valence-electron chi connectivity index (χ2n) is 5.90. The molecule has 0 N–H and O–H groups in total. The summed E-state index contributed by atoms with van der Waals surface area (Å²) in [7, 11) is 1.89. The fourth-order valence-corrected chi connectivity index (χ4v) is 3.07. The average molecular weight is 325 g/mol. The lowest BCUT2D eigenvalue weighted by Gasteiger charge is -2.16. The van der Waals surface area contributed by atoms with Gasteiger partial charge in [0.05, 0.1) is 37.3 Å². The highest BCUT2D eigenvalue weighted by Crippen LogP contribution is 2.27. The fraction of sp³-hybridized carbons (Fsp3) is 0.235. The summed E-state index contributed by atoms with van der Waals surface area (Å²) in [6.07, 6.45) is 5.36. The molecule has 0 bridgehead atoms. The first-order valence-electron chi connectivity index (χ1n) is 7.66. The van der Waals surface area contributed by atoms with E-state index in [1.807, 2.05) is 22.5 Å². The maximum atomic E-state index is 13.0. The molecule has 3 aromatic rings. The van der Waals surface area contributed by atoms with Crippen LogP contribution >= 0.6 is 0 Å². The molecule has 7 heteroatoms. The number of aromatic nitrogens is 4. The average Bonchev–Trinajstić information content (AvgIpc) is 3.28. The molecule has 0 saturated heterocycles. The van der Waals surface area contributed by atoms with Crippen molar-refractivity contribution in [2.75, 3.05) is 0 Å². The van der Waals surface area contributed by atoms with Crippen molar-refractivity contribution < 1.29 is 9.18 Å². The molecule has 2 aromatic heterocycles. The highest BCUT2D eigenvalue weighted by atomic mass is 19.1. The van der Waals surface area contributed by atoms with Crippen LogP contribution < -0.4 is 0 Å². The van der Waals surface area contributed by atoms with E-state index in [-0.39, 0.29) is 11.7 Å². The predicted molar refractivity (Wildman–Crippen MR) is 84.5 cm³/mol.